The summed E-state index contributed by atoms with van der Waals surface area (Å²) in [5, 5.41) is 2.34. The van der Waals surface area contributed by atoms with E-state index in [1.165, 1.54) is 0 Å². The van der Waals surface area contributed by atoms with Gasteiger partial charge < -0.3 is 5.32 Å². The van der Waals surface area contributed by atoms with Crippen LogP contribution in [0.15, 0.2) is 47.4 Å². The maximum atomic E-state index is 12.5. The number of aryl methyl sites for hydroxylation is 2. The average Bonchev–Trinajstić information content (AvgIpc) is 2.87. The van der Waals surface area contributed by atoms with E-state index >= 15 is 0 Å². The molecule has 1 aliphatic rings. The predicted molar refractivity (Wildman–Crippen MR) is 116 cm³/mol. The Bertz CT molecular complexity index is 954. The molecule has 0 saturated carbocycles. The maximum absolute atomic E-state index is 12.5. The van der Waals surface area contributed by atoms with Gasteiger partial charge in [-0.25, -0.2) is 0 Å². The summed E-state index contributed by atoms with van der Waals surface area (Å²) in [5.74, 6) is -0.846. The van der Waals surface area contributed by atoms with E-state index in [-0.39, 0.29) is 6.54 Å². The molecule has 2 aromatic rings. The topological polar surface area (TPSA) is 66.5 Å². The molecule has 7 heteroatoms. The average molecular weight is 492 g/mol. The molecule has 27 heavy (non-hydrogen) atoms. The Kier molecular flexibility index (Phi) is 6.01. The molecule has 0 bridgehead atoms. The molecular formula is C20H17IN2O3S. The van der Waals surface area contributed by atoms with E-state index < -0.39 is 17.1 Å². The normalized spacial score (nSPS) is 15.5. The van der Waals surface area contributed by atoms with Gasteiger partial charge in [0.1, 0.15) is 6.54 Å². The Hall–Kier alpha value is -2.13. The number of nitrogens with one attached hydrogen (secondary N) is 1. The van der Waals surface area contributed by atoms with Crippen LogP contribution in [0.3, 0.4) is 0 Å². The molecule has 1 heterocycles. The summed E-state index contributed by atoms with van der Waals surface area (Å²) in [6.07, 6.45) is 1.67. The van der Waals surface area contributed by atoms with Gasteiger partial charge in [-0.1, -0.05) is 24.3 Å². The van der Waals surface area contributed by atoms with Gasteiger partial charge in [0.25, 0.3) is 11.1 Å². The van der Waals surface area contributed by atoms with Crippen molar-refractivity contribution in [3.8, 4) is 0 Å². The van der Waals surface area contributed by atoms with Crippen molar-refractivity contribution in [3.05, 3.63) is 67.6 Å². The van der Waals surface area contributed by atoms with E-state index in [2.05, 4.69) is 27.9 Å². The van der Waals surface area contributed by atoms with Crippen LogP contribution >= 0.6 is 34.4 Å². The summed E-state index contributed by atoms with van der Waals surface area (Å²) in [6, 6.07) is 13.3. The van der Waals surface area contributed by atoms with Crippen molar-refractivity contribution in [2.75, 3.05) is 11.9 Å². The highest BCUT2D eigenvalue weighted by atomic mass is 127. The molecule has 5 nitrogen and oxygen atoms in total. The molecule has 1 aliphatic heterocycles. The number of hydrogen-bond donors (Lipinski definition) is 1. The van der Waals surface area contributed by atoms with Crippen molar-refractivity contribution in [2.24, 2.45) is 0 Å². The Morgan fingerprint density at radius 3 is 2.56 bits per heavy atom. The fourth-order valence-corrected chi connectivity index (χ4v) is 3.75. The highest BCUT2D eigenvalue weighted by molar-refractivity contribution is 14.1. The number of carbonyl (C=O) groups excluding carboxylic acids is 3. The molecule has 0 radical (unpaired) electrons. The number of halogens is 1. The lowest BCUT2D eigenvalue weighted by molar-refractivity contribution is -0.127. The minimum Gasteiger partial charge on any atom is -0.324 e. The maximum Gasteiger partial charge on any atom is 0.294 e. The van der Waals surface area contributed by atoms with Crippen molar-refractivity contribution in [1.82, 2.24) is 4.90 Å². The molecule has 0 unspecified atom stereocenters. The number of amides is 3. The second kappa shape index (κ2) is 8.26. The Morgan fingerprint density at radius 1 is 1.15 bits per heavy atom. The zero-order valence-corrected chi connectivity index (χ0v) is 17.8. The smallest absolute Gasteiger partial charge is 0.294 e. The molecule has 3 amide bonds. The van der Waals surface area contributed by atoms with Crippen LogP contribution in [0, 0.1) is 17.4 Å². The fraction of sp³-hybridized carbons (Fsp3) is 0.150. The molecule has 0 aromatic heterocycles. The quantitative estimate of drug-likeness (QED) is 0.501. The number of imide groups is 1. The number of thioether (sulfide) groups is 1. The molecule has 1 fully saturated rings. The van der Waals surface area contributed by atoms with Crippen molar-refractivity contribution < 1.29 is 14.4 Å². The van der Waals surface area contributed by atoms with Gasteiger partial charge >= 0.3 is 0 Å². The molecule has 1 saturated heterocycles. The number of nitrogens with zero attached hydrogens (tertiary/aromatic N) is 1. The third-order valence-corrected chi connectivity index (χ3v) is 5.64. The van der Waals surface area contributed by atoms with Crippen LogP contribution in [0.4, 0.5) is 10.5 Å². The molecular weight excluding hydrogens is 475 g/mol. The number of rotatable bonds is 4. The van der Waals surface area contributed by atoms with E-state index in [1.54, 1.807) is 6.08 Å². The number of anilines is 1. The first-order valence-corrected chi connectivity index (χ1v) is 10.1. The Balaban J connectivity index is 1.71. The second-order valence-corrected chi connectivity index (χ2v) is 8.42. The standard InChI is InChI=1S/C20H17IN2O3S/c1-12-3-4-13(2)16(9-12)22-18(24)11-23-19(25)17(27-20(23)26)10-14-5-7-15(21)8-6-14/h3-10H,11H2,1-2H3,(H,22,24)/b17-10-. The van der Waals surface area contributed by atoms with Gasteiger partial charge in [-0.15, -0.1) is 0 Å². The van der Waals surface area contributed by atoms with Crippen molar-refractivity contribution >= 4 is 63.2 Å². The van der Waals surface area contributed by atoms with Gasteiger partial charge in [0.2, 0.25) is 5.91 Å². The van der Waals surface area contributed by atoms with Crippen LogP contribution in [-0.2, 0) is 9.59 Å². The SMILES string of the molecule is Cc1ccc(C)c(NC(=O)CN2C(=O)S/C(=C\c3ccc(I)cc3)C2=O)c1. The molecule has 1 N–H and O–H groups in total. The fourth-order valence-electron chi connectivity index (χ4n) is 2.55. The number of carbonyl (C=O) groups is 3. The Morgan fingerprint density at radius 2 is 1.85 bits per heavy atom. The zero-order chi connectivity index (χ0) is 19.6. The summed E-state index contributed by atoms with van der Waals surface area (Å²) >= 11 is 3.05. The van der Waals surface area contributed by atoms with Crippen LogP contribution in [0.25, 0.3) is 6.08 Å². The van der Waals surface area contributed by atoms with Gasteiger partial charge in [0.05, 0.1) is 4.91 Å². The van der Waals surface area contributed by atoms with Crippen LogP contribution in [0.2, 0.25) is 0 Å². The van der Waals surface area contributed by atoms with Crippen molar-refractivity contribution in [2.45, 2.75) is 13.8 Å². The highest BCUT2D eigenvalue weighted by Gasteiger charge is 2.36. The molecule has 138 valence electrons. The minimum absolute atomic E-state index is 0.303. The summed E-state index contributed by atoms with van der Waals surface area (Å²) in [5.41, 5.74) is 3.45. The zero-order valence-electron chi connectivity index (χ0n) is 14.8. The van der Waals surface area contributed by atoms with Crippen LogP contribution in [0.5, 0.6) is 0 Å². The summed E-state index contributed by atoms with van der Waals surface area (Å²) < 4.78 is 1.08. The third kappa shape index (κ3) is 4.78. The molecule has 2 aromatic carbocycles. The summed E-state index contributed by atoms with van der Waals surface area (Å²) in [6.45, 7) is 3.52. The van der Waals surface area contributed by atoms with Crippen LogP contribution in [-0.4, -0.2) is 28.5 Å². The molecule has 0 aliphatic carbocycles. The molecule has 3 rings (SSSR count). The highest BCUT2D eigenvalue weighted by Crippen LogP contribution is 2.32. The van der Waals surface area contributed by atoms with E-state index in [1.807, 2.05) is 56.3 Å². The first kappa shape index (κ1) is 19.6. The van der Waals surface area contributed by atoms with E-state index in [4.69, 9.17) is 0 Å². The molecule has 0 spiro atoms. The van der Waals surface area contributed by atoms with Crippen molar-refractivity contribution in [3.63, 3.8) is 0 Å². The van der Waals surface area contributed by atoms with Crippen molar-refractivity contribution in [1.29, 1.82) is 0 Å². The van der Waals surface area contributed by atoms with E-state index in [0.717, 1.165) is 36.9 Å². The van der Waals surface area contributed by atoms with Gasteiger partial charge in [0, 0.05) is 9.26 Å². The summed E-state index contributed by atoms with van der Waals surface area (Å²) in [7, 11) is 0. The van der Waals surface area contributed by atoms with Gasteiger partial charge in [-0.05, 0) is 89.2 Å². The lowest BCUT2D eigenvalue weighted by Gasteiger charge is -2.14. The van der Waals surface area contributed by atoms with Gasteiger partial charge in [-0.2, -0.15) is 0 Å². The van der Waals surface area contributed by atoms with Crippen LogP contribution < -0.4 is 5.32 Å². The number of hydrogen-bond acceptors (Lipinski definition) is 4. The third-order valence-electron chi connectivity index (χ3n) is 4.01. The monoisotopic (exact) mass is 492 g/mol. The minimum atomic E-state index is -0.445. The summed E-state index contributed by atoms with van der Waals surface area (Å²) in [4.78, 5) is 38.4. The van der Waals surface area contributed by atoms with Gasteiger partial charge in [0.15, 0.2) is 0 Å². The lowest BCUT2D eigenvalue weighted by Crippen LogP contribution is -2.36. The first-order chi connectivity index (χ1) is 12.8. The lowest BCUT2D eigenvalue weighted by atomic mass is 10.1. The van der Waals surface area contributed by atoms with Gasteiger partial charge in [-0.3, -0.25) is 19.3 Å². The second-order valence-electron chi connectivity index (χ2n) is 6.19. The number of benzene rings is 2. The largest absolute Gasteiger partial charge is 0.324 e. The van der Waals surface area contributed by atoms with E-state index in [0.29, 0.717) is 10.6 Å². The van der Waals surface area contributed by atoms with E-state index in [9.17, 15) is 14.4 Å². The Labute approximate surface area is 175 Å². The van der Waals surface area contributed by atoms with Crippen LogP contribution in [0.1, 0.15) is 16.7 Å². The first-order valence-electron chi connectivity index (χ1n) is 8.21. The predicted octanol–water partition coefficient (Wildman–Crippen LogP) is 4.58. The molecule has 0 atom stereocenters.